The van der Waals surface area contributed by atoms with Gasteiger partial charge in [0.15, 0.2) is 0 Å². The zero-order chi connectivity index (χ0) is 32.6. The first-order valence-electron chi connectivity index (χ1n) is 14.4. The third-order valence-electron chi connectivity index (χ3n) is 6.09. The topological polar surface area (TPSA) is 222 Å². The van der Waals surface area contributed by atoms with Crippen LogP contribution in [0.1, 0.15) is 71.1 Å². The number of hydrogen-bond acceptors (Lipinski definition) is 9. The number of aliphatic carboxylic acids is 3. The number of carbonyl (C=O) groups excluding carboxylic acids is 2. The fourth-order valence-electron chi connectivity index (χ4n) is 3.63. The van der Waals surface area contributed by atoms with Crippen LogP contribution in [0.2, 0.25) is 0 Å². The molecule has 0 aromatic carbocycles. The largest absolute Gasteiger partial charge is 0.481 e. The molecule has 0 spiro atoms. The first-order chi connectivity index (χ1) is 20.4. The number of carbonyl (C=O) groups is 5. The predicted octanol–water partition coefficient (Wildman–Crippen LogP) is 2.86. The molecule has 0 aromatic rings. The number of aliphatic hydroxyl groups is 1. The van der Waals surface area contributed by atoms with Gasteiger partial charge >= 0.3 is 17.9 Å². The van der Waals surface area contributed by atoms with Gasteiger partial charge in [-0.2, -0.15) is 0 Å². The van der Waals surface area contributed by atoms with Gasteiger partial charge in [0.2, 0.25) is 11.8 Å². The molecule has 0 rings (SSSR count). The zero-order valence-corrected chi connectivity index (χ0v) is 25.6. The molecule has 0 radical (unpaired) electrons. The van der Waals surface area contributed by atoms with Crippen molar-refractivity contribution in [3.05, 3.63) is 48.6 Å². The van der Waals surface area contributed by atoms with E-state index in [4.69, 9.17) is 21.7 Å². The quantitative estimate of drug-likeness (QED) is 0.0518. The molecule has 43 heavy (non-hydrogen) atoms. The summed E-state index contributed by atoms with van der Waals surface area (Å²) in [5.74, 6) is -5.75. The third kappa shape index (κ3) is 20.3. The van der Waals surface area contributed by atoms with E-state index in [-0.39, 0.29) is 31.4 Å². The fraction of sp³-hybridized carbons (Fsp3) is 0.567. The SMILES string of the molecule is CCCCC/C=C\C/C=C/C=C/C=C/C(SC[C@H](N)C(=O)N(CC(=O)O)C(=O)CC[C@H](N)C(=O)O)[C@@H](O)CCCC(=O)O. The molecule has 0 aromatic heterocycles. The Morgan fingerprint density at radius 2 is 1.51 bits per heavy atom. The van der Waals surface area contributed by atoms with Crippen LogP contribution in [0.15, 0.2) is 48.6 Å². The lowest BCUT2D eigenvalue weighted by atomic mass is 10.1. The van der Waals surface area contributed by atoms with Gasteiger partial charge in [-0.15, -0.1) is 11.8 Å². The van der Waals surface area contributed by atoms with Gasteiger partial charge in [0.25, 0.3) is 0 Å². The Labute approximate surface area is 257 Å². The van der Waals surface area contributed by atoms with E-state index in [1.165, 1.54) is 19.3 Å². The van der Waals surface area contributed by atoms with E-state index in [2.05, 4.69) is 19.1 Å². The number of nitrogens with two attached hydrogens (primary N) is 2. The number of rotatable bonds is 24. The van der Waals surface area contributed by atoms with Crippen molar-refractivity contribution in [1.29, 1.82) is 0 Å². The number of allylic oxidation sites excluding steroid dienone is 7. The zero-order valence-electron chi connectivity index (χ0n) is 24.8. The maximum absolute atomic E-state index is 12.9. The lowest BCUT2D eigenvalue weighted by molar-refractivity contribution is -0.153. The average Bonchev–Trinajstić information content (AvgIpc) is 2.95. The summed E-state index contributed by atoms with van der Waals surface area (Å²) in [4.78, 5) is 58.9. The van der Waals surface area contributed by atoms with Crippen LogP contribution in [0.25, 0.3) is 0 Å². The Morgan fingerprint density at radius 3 is 2.14 bits per heavy atom. The molecule has 2 amide bonds. The van der Waals surface area contributed by atoms with Crippen LogP contribution in [0.4, 0.5) is 0 Å². The third-order valence-corrected chi connectivity index (χ3v) is 7.49. The monoisotopic (exact) mass is 625 g/mol. The average molecular weight is 626 g/mol. The van der Waals surface area contributed by atoms with Crippen LogP contribution in [-0.4, -0.2) is 90.8 Å². The van der Waals surface area contributed by atoms with Crippen molar-refractivity contribution in [2.24, 2.45) is 11.5 Å². The van der Waals surface area contributed by atoms with E-state index in [1.807, 2.05) is 18.2 Å². The number of amides is 2. The number of hydrogen-bond donors (Lipinski definition) is 6. The van der Waals surface area contributed by atoms with Gasteiger partial charge in [-0.1, -0.05) is 68.4 Å². The number of carboxylic acids is 3. The molecule has 0 saturated carbocycles. The normalized spacial score (nSPS) is 14.8. The van der Waals surface area contributed by atoms with E-state index in [1.54, 1.807) is 18.2 Å². The molecule has 0 fully saturated rings. The van der Waals surface area contributed by atoms with Gasteiger partial charge in [0.1, 0.15) is 12.6 Å². The minimum absolute atomic E-state index is 0.0872. The second kappa shape index (κ2) is 24.2. The molecule has 0 saturated heterocycles. The number of imide groups is 1. The second-order valence-electron chi connectivity index (χ2n) is 9.85. The smallest absolute Gasteiger partial charge is 0.323 e. The van der Waals surface area contributed by atoms with E-state index >= 15 is 0 Å². The van der Waals surface area contributed by atoms with Gasteiger partial charge < -0.3 is 31.9 Å². The molecule has 0 bridgehead atoms. The molecule has 0 aliphatic rings. The van der Waals surface area contributed by atoms with Crippen LogP contribution in [0, 0.1) is 0 Å². The van der Waals surface area contributed by atoms with Gasteiger partial charge in [0, 0.05) is 23.8 Å². The number of nitrogens with zero attached hydrogens (tertiary/aromatic N) is 1. The molecule has 242 valence electrons. The molecule has 0 aliphatic heterocycles. The minimum Gasteiger partial charge on any atom is -0.481 e. The first kappa shape index (κ1) is 39.7. The molecule has 12 nitrogen and oxygen atoms in total. The van der Waals surface area contributed by atoms with Crippen LogP contribution in [-0.2, 0) is 24.0 Å². The van der Waals surface area contributed by atoms with E-state index in [0.29, 0.717) is 4.90 Å². The van der Waals surface area contributed by atoms with Gasteiger partial charge in [-0.3, -0.25) is 28.9 Å². The summed E-state index contributed by atoms with van der Waals surface area (Å²) in [7, 11) is 0. The van der Waals surface area contributed by atoms with Crippen LogP contribution < -0.4 is 11.5 Å². The Morgan fingerprint density at radius 1 is 0.814 bits per heavy atom. The Kier molecular flexibility index (Phi) is 22.4. The van der Waals surface area contributed by atoms with Crippen molar-refractivity contribution >= 4 is 41.5 Å². The summed E-state index contributed by atoms with van der Waals surface area (Å²) in [5.41, 5.74) is 11.4. The molecule has 8 N–H and O–H groups in total. The standard InChI is InChI=1S/C30H47N3O9S/c1-2-3-4-5-6-7-8-9-10-11-12-13-16-25(24(34)15-14-17-27(36)37)43-21-23(32)29(40)33(20-28(38)39)26(35)19-18-22(31)30(41)42/h6-7,9-13,16,22-25,34H,2-5,8,14-15,17-21,31-32H2,1H3,(H,36,37)(H,38,39)(H,41,42)/b7-6-,10-9+,12-11+,16-13+/t22-,23-,24-,25?/m0/s1. The van der Waals surface area contributed by atoms with Gasteiger partial charge in [0.05, 0.1) is 12.1 Å². The van der Waals surface area contributed by atoms with Crippen molar-refractivity contribution in [2.75, 3.05) is 12.3 Å². The summed E-state index contributed by atoms with van der Waals surface area (Å²) in [6.07, 6.45) is 19.2. The molecular formula is C30H47N3O9S. The summed E-state index contributed by atoms with van der Waals surface area (Å²) in [6.45, 7) is 1.21. The minimum atomic E-state index is -1.46. The summed E-state index contributed by atoms with van der Waals surface area (Å²) in [6, 6.07) is -2.66. The number of aliphatic hydroxyl groups excluding tert-OH is 1. The highest BCUT2D eigenvalue weighted by atomic mass is 32.2. The molecule has 1 unspecified atom stereocenters. The highest BCUT2D eigenvalue weighted by molar-refractivity contribution is 8.00. The van der Waals surface area contributed by atoms with Crippen molar-refractivity contribution < 1.29 is 44.4 Å². The fourth-order valence-corrected chi connectivity index (χ4v) is 4.77. The van der Waals surface area contributed by atoms with E-state index in [9.17, 15) is 34.2 Å². The second-order valence-corrected chi connectivity index (χ2v) is 11.1. The Bertz CT molecular complexity index is 997. The van der Waals surface area contributed by atoms with Crippen molar-refractivity contribution in [3.63, 3.8) is 0 Å². The van der Waals surface area contributed by atoms with Crippen LogP contribution in [0.5, 0.6) is 0 Å². The van der Waals surface area contributed by atoms with Crippen LogP contribution >= 0.6 is 11.8 Å². The lowest BCUT2D eigenvalue weighted by Gasteiger charge is -2.25. The summed E-state index contributed by atoms with van der Waals surface area (Å²) < 4.78 is 0. The van der Waals surface area contributed by atoms with Gasteiger partial charge in [-0.05, 0) is 38.5 Å². The van der Waals surface area contributed by atoms with Crippen molar-refractivity contribution in [3.8, 4) is 0 Å². The van der Waals surface area contributed by atoms with Crippen LogP contribution in [0.3, 0.4) is 0 Å². The molecule has 0 heterocycles. The maximum Gasteiger partial charge on any atom is 0.323 e. The molecular weight excluding hydrogens is 578 g/mol. The Balaban J connectivity index is 5.29. The summed E-state index contributed by atoms with van der Waals surface area (Å²) in [5, 5.41) is 37.1. The molecule has 13 heteroatoms. The molecule has 4 atom stereocenters. The van der Waals surface area contributed by atoms with E-state index < -0.39 is 66.1 Å². The van der Waals surface area contributed by atoms with Crippen molar-refractivity contribution in [2.45, 2.75) is 94.6 Å². The highest BCUT2D eigenvalue weighted by Crippen LogP contribution is 2.22. The lowest BCUT2D eigenvalue weighted by Crippen LogP contribution is -2.50. The van der Waals surface area contributed by atoms with Gasteiger partial charge in [-0.25, -0.2) is 0 Å². The first-order valence-corrected chi connectivity index (χ1v) is 15.4. The summed E-state index contributed by atoms with van der Waals surface area (Å²) >= 11 is 1.10. The number of thioether (sulfide) groups is 1. The Hall–Kier alpha value is -3.26. The molecule has 0 aliphatic carbocycles. The van der Waals surface area contributed by atoms with Crippen molar-refractivity contribution in [1.82, 2.24) is 4.90 Å². The number of carboxylic acid groups (broad SMARTS) is 3. The number of unbranched alkanes of at least 4 members (excludes halogenated alkanes) is 3. The maximum atomic E-state index is 12.9. The van der Waals surface area contributed by atoms with E-state index in [0.717, 1.165) is 24.6 Å². The highest BCUT2D eigenvalue weighted by Gasteiger charge is 2.30. The predicted molar refractivity (Wildman–Crippen MR) is 166 cm³/mol.